The number of rotatable bonds is 4. The molecular formula is C15H18N2O4S. The summed E-state index contributed by atoms with van der Waals surface area (Å²) in [5.74, 6) is -0.558. The van der Waals surface area contributed by atoms with Gasteiger partial charge >= 0.3 is 0 Å². The molecule has 7 heteroatoms. The van der Waals surface area contributed by atoms with Gasteiger partial charge in [-0.15, -0.1) is 0 Å². The summed E-state index contributed by atoms with van der Waals surface area (Å²) in [6, 6.07) is 6.84. The second-order valence-electron chi connectivity index (χ2n) is 5.93. The van der Waals surface area contributed by atoms with Crippen molar-refractivity contribution < 1.29 is 18.0 Å². The smallest absolute Gasteiger partial charge is 0.228 e. The second-order valence-corrected chi connectivity index (χ2v) is 8.16. The summed E-state index contributed by atoms with van der Waals surface area (Å²) in [6.07, 6.45) is 2.28. The van der Waals surface area contributed by atoms with Crippen molar-refractivity contribution >= 4 is 33.0 Å². The Labute approximate surface area is 129 Å². The molecule has 1 aliphatic carbocycles. The summed E-state index contributed by atoms with van der Waals surface area (Å²) in [5.41, 5.74) is 1.29. The van der Waals surface area contributed by atoms with Crippen LogP contribution in [0, 0.1) is 11.8 Å². The monoisotopic (exact) mass is 322 g/mol. The van der Waals surface area contributed by atoms with Crippen LogP contribution in [0.5, 0.6) is 0 Å². The molecule has 1 aromatic carbocycles. The average Bonchev–Trinajstić information content (AvgIpc) is 3.25. The van der Waals surface area contributed by atoms with Crippen LogP contribution in [0.15, 0.2) is 24.3 Å². The Kier molecular flexibility index (Phi) is 3.90. The van der Waals surface area contributed by atoms with Crippen LogP contribution in [-0.2, 0) is 19.4 Å². The Hall–Kier alpha value is -1.89. The lowest BCUT2D eigenvalue weighted by atomic mass is 10.1. The summed E-state index contributed by atoms with van der Waals surface area (Å²) >= 11 is 0. The van der Waals surface area contributed by atoms with Crippen LogP contribution in [0.2, 0.25) is 0 Å². The summed E-state index contributed by atoms with van der Waals surface area (Å²) in [4.78, 5) is 23.7. The third-order valence-electron chi connectivity index (χ3n) is 3.97. The molecule has 0 bridgehead atoms. The lowest BCUT2D eigenvalue weighted by Gasteiger charge is -2.10. The van der Waals surface area contributed by atoms with Gasteiger partial charge in [-0.3, -0.25) is 9.59 Å². The van der Waals surface area contributed by atoms with E-state index in [4.69, 9.17) is 0 Å². The number of benzene rings is 1. The van der Waals surface area contributed by atoms with Gasteiger partial charge in [-0.25, -0.2) is 8.42 Å². The van der Waals surface area contributed by atoms with E-state index in [0.717, 1.165) is 12.8 Å². The summed E-state index contributed by atoms with van der Waals surface area (Å²) < 4.78 is 22.8. The van der Waals surface area contributed by atoms with E-state index in [1.165, 1.54) is 0 Å². The zero-order valence-corrected chi connectivity index (χ0v) is 12.9. The SMILES string of the molecule is O=C(Nc1ccc(NC(=O)C2CCS(=O)(=O)C2)cc1)C1CC1. The molecule has 2 aliphatic rings. The summed E-state index contributed by atoms with van der Waals surface area (Å²) in [5, 5.41) is 5.54. The van der Waals surface area contributed by atoms with E-state index in [-0.39, 0.29) is 29.2 Å². The number of amides is 2. The first-order valence-electron chi connectivity index (χ1n) is 7.35. The number of hydrogen-bond donors (Lipinski definition) is 2. The minimum absolute atomic E-state index is 0.0351. The normalized spacial score (nSPS) is 23.0. The molecule has 0 radical (unpaired) electrons. The Balaban J connectivity index is 1.56. The fourth-order valence-corrected chi connectivity index (χ4v) is 4.21. The minimum atomic E-state index is -3.06. The first-order chi connectivity index (χ1) is 10.4. The lowest BCUT2D eigenvalue weighted by molar-refractivity contribution is -0.119. The van der Waals surface area contributed by atoms with Gasteiger partial charge in [0.2, 0.25) is 11.8 Å². The molecule has 3 rings (SSSR count). The van der Waals surface area contributed by atoms with Gasteiger partial charge in [0.15, 0.2) is 9.84 Å². The van der Waals surface area contributed by atoms with Crippen molar-refractivity contribution in [2.75, 3.05) is 22.1 Å². The summed E-state index contributed by atoms with van der Waals surface area (Å²) in [6.45, 7) is 0. The molecule has 118 valence electrons. The maximum absolute atomic E-state index is 12.0. The lowest BCUT2D eigenvalue weighted by Crippen LogP contribution is -2.23. The van der Waals surface area contributed by atoms with E-state index in [0.29, 0.717) is 17.8 Å². The van der Waals surface area contributed by atoms with E-state index in [2.05, 4.69) is 10.6 Å². The van der Waals surface area contributed by atoms with Crippen molar-refractivity contribution in [3.8, 4) is 0 Å². The van der Waals surface area contributed by atoms with Crippen LogP contribution in [0.25, 0.3) is 0 Å². The maximum atomic E-state index is 12.0. The largest absolute Gasteiger partial charge is 0.326 e. The highest BCUT2D eigenvalue weighted by Gasteiger charge is 2.33. The third kappa shape index (κ3) is 3.65. The molecule has 1 saturated carbocycles. The van der Waals surface area contributed by atoms with Crippen molar-refractivity contribution in [1.82, 2.24) is 0 Å². The highest BCUT2D eigenvalue weighted by molar-refractivity contribution is 7.91. The molecule has 22 heavy (non-hydrogen) atoms. The molecule has 1 saturated heterocycles. The third-order valence-corrected chi connectivity index (χ3v) is 5.74. The molecule has 1 heterocycles. The van der Waals surface area contributed by atoms with Gasteiger partial charge in [0, 0.05) is 17.3 Å². The molecule has 1 aliphatic heterocycles. The van der Waals surface area contributed by atoms with Crippen molar-refractivity contribution in [1.29, 1.82) is 0 Å². The highest BCUT2D eigenvalue weighted by Crippen LogP contribution is 2.30. The predicted octanol–water partition coefficient (Wildman–Crippen LogP) is 1.41. The van der Waals surface area contributed by atoms with Crippen LogP contribution in [0.4, 0.5) is 11.4 Å². The molecule has 2 fully saturated rings. The van der Waals surface area contributed by atoms with Crippen LogP contribution >= 0.6 is 0 Å². The van der Waals surface area contributed by atoms with Crippen LogP contribution in [-0.4, -0.2) is 31.7 Å². The molecule has 2 N–H and O–H groups in total. The summed E-state index contributed by atoms with van der Waals surface area (Å²) in [7, 11) is -3.06. The van der Waals surface area contributed by atoms with Crippen LogP contribution < -0.4 is 10.6 Å². The van der Waals surface area contributed by atoms with E-state index in [1.54, 1.807) is 24.3 Å². The quantitative estimate of drug-likeness (QED) is 0.876. The number of anilines is 2. The first-order valence-corrected chi connectivity index (χ1v) is 9.17. The molecule has 6 nitrogen and oxygen atoms in total. The molecular weight excluding hydrogens is 304 g/mol. The molecule has 1 unspecified atom stereocenters. The number of carbonyl (C=O) groups excluding carboxylic acids is 2. The van der Waals surface area contributed by atoms with E-state index in [1.807, 2.05) is 0 Å². The van der Waals surface area contributed by atoms with E-state index >= 15 is 0 Å². The zero-order valence-electron chi connectivity index (χ0n) is 12.0. The molecule has 1 aromatic rings. The van der Waals surface area contributed by atoms with Crippen molar-refractivity contribution in [3.63, 3.8) is 0 Å². The van der Waals surface area contributed by atoms with Gasteiger partial charge in [0.05, 0.1) is 17.4 Å². The molecule has 0 aromatic heterocycles. The van der Waals surface area contributed by atoms with Gasteiger partial charge in [-0.1, -0.05) is 0 Å². The van der Waals surface area contributed by atoms with Gasteiger partial charge in [0.1, 0.15) is 0 Å². The molecule has 1 atom stereocenters. The predicted molar refractivity (Wildman–Crippen MR) is 83.2 cm³/mol. The Morgan fingerprint density at radius 1 is 0.864 bits per heavy atom. The van der Waals surface area contributed by atoms with Crippen LogP contribution in [0.3, 0.4) is 0 Å². The highest BCUT2D eigenvalue weighted by atomic mass is 32.2. The van der Waals surface area contributed by atoms with E-state index in [9.17, 15) is 18.0 Å². The topological polar surface area (TPSA) is 92.3 Å². The standard InChI is InChI=1S/C15H18N2O4S/c18-14(10-1-2-10)16-12-3-5-13(6-4-12)17-15(19)11-7-8-22(20,21)9-11/h3-6,10-11H,1-2,7-9H2,(H,16,18)(H,17,19). The Bertz CT molecular complexity index is 693. The fraction of sp³-hybridized carbons (Fsp3) is 0.467. The first kappa shape index (κ1) is 15.0. The van der Waals surface area contributed by atoms with Crippen molar-refractivity contribution in [2.24, 2.45) is 11.8 Å². The number of sulfone groups is 1. The van der Waals surface area contributed by atoms with Gasteiger partial charge < -0.3 is 10.6 Å². The number of hydrogen-bond acceptors (Lipinski definition) is 4. The number of nitrogens with one attached hydrogen (secondary N) is 2. The van der Waals surface area contributed by atoms with Gasteiger partial charge in [-0.2, -0.15) is 0 Å². The Morgan fingerprint density at radius 2 is 1.36 bits per heavy atom. The number of carbonyl (C=O) groups is 2. The zero-order chi connectivity index (χ0) is 15.7. The van der Waals surface area contributed by atoms with Gasteiger partial charge in [-0.05, 0) is 43.5 Å². The van der Waals surface area contributed by atoms with Crippen molar-refractivity contribution in [3.05, 3.63) is 24.3 Å². The fourth-order valence-electron chi connectivity index (χ4n) is 2.47. The maximum Gasteiger partial charge on any atom is 0.228 e. The molecule has 0 spiro atoms. The Morgan fingerprint density at radius 3 is 1.77 bits per heavy atom. The van der Waals surface area contributed by atoms with E-state index < -0.39 is 15.8 Å². The van der Waals surface area contributed by atoms with Crippen LogP contribution in [0.1, 0.15) is 19.3 Å². The van der Waals surface area contributed by atoms with Crippen molar-refractivity contribution in [2.45, 2.75) is 19.3 Å². The molecule has 2 amide bonds. The van der Waals surface area contributed by atoms with Gasteiger partial charge in [0.25, 0.3) is 0 Å². The minimum Gasteiger partial charge on any atom is -0.326 e. The second kappa shape index (κ2) is 5.72. The average molecular weight is 322 g/mol.